The van der Waals surface area contributed by atoms with Gasteiger partial charge in [0.25, 0.3) is 0 Å². The van der Waals surface area contributed by atoms with Gasteiger partial charge in [-0.3, -0.25) is 4.90 Å². The predicted molar refractivity (Wildman–Crippen MR) is 80.8 cm³/mol. The van der Waals surface area contributed by atoms with Crippen LogP contribution < -0.4 is 0 Å². The van der Waals surface area contributed by atoms with Gasteiger partial charge in [-0.15, -0.1) is 0 Å². The van der Waals surface area contributed by atoms with Gasteiger partial charge in [-0.1, -0.05) is 50.8 Å². The first kappa shape index (κ1) is 14.8. The molecule has 0 aliphatic carbocycles. The fourth-order valence-electron chi connectivity index (χ4n) is 2.94. The van der Waals surface area contributed by atoms with Crippen LogP contribution >= 0.6 is 0 Å². The van der Waals surface area contributed by atoms with E-state index >= 15 is 0 Å². The monoisotopic (exact) mass is 273 g/mol. The lowest BCUT2D eigenvalue weighted by Crippen LogP contribution is -2.44. The van der Waals surface area contributed by atoms with E-state index in [1.54, 1.807) is 0 Å². The van der Waals surface area contributed by atoms with Gasteiger partial charge in [-0.05, 0) is 23.9 Å². The fourth-order valence-corrected chi connectivity index (χ4v) is 2.94. The van der Waals surface area contributed by atoms with E-state index < -0.39 is 5.97 Å². The summed E-state index contributed by atoms with van der Waals surface area (Å²) in [5, 5.41) is 8.97. The molecule has 1 N–H and O–H groups in total. The number of likely N-dealkylation sites (tertiary alicyclic amines) is 1. The number of hydrogen-bond donors (Lipinski definition) is 1. The molecule has 1 fully saturated rings. The molecule has 0 amide bonds. The topological polar surface area (TPSA) is 40.5 Å². The van der Waals surface area contributed by atoms with Gasteiger partial charge in [0.2, 0.25) is 0 Å². The van der Waals surface area contributed by atoms with E-state index in [4.69, 9.17) is 5.11 Å². The normalized spacial score (nSPS) is 22.4. The summed E-state index contributed by atoms with van der Waals surface area (Å²) in [4.78, 5) is 13.1. The molecule has 20 heavy (non-hydrogen) atoms. The van der Waals surface area contributed by atoms with Crippen LogP contribution in [0.1, 0.15) is 31.7 Å². The summed E-state index contributed by atoms with van der Waals surface area (Å²) in [7, 11) is 0. The van der Waals surface area contributed by atoms with E-state index in [1.165, 1.54) is 5.56 Å². The summed E-state index contributed by atoms with van der Waals surface area (Å²) in [5.41, 5.74) is 1.85. The van der Waals surface area contributed by atoms with Crippen molar-refractivity contribution in [1.82, 2.24) is 4.90 Å². The Labute approximate surface area is 120 Å². The average molecular weight is 273 g/mol. The van der Waals surface area contributed by atoms with E-state index in [9.17, 15) is 4.79 Å². The molecule has 1 aromatic rings. The Kier molecular flexibility index (Phi) is 4.29. The Bertz CT molecular complexity index is 493. The Morgan fingerprint density at radius 2 is 2.05 bits per heavy atom. The number of nitrogens with zero attached hydrogens (tertiary/aromatic N) is 1. The fraction of sp³-hybridized carbons (Fsp3) is 0.471. The molecule has 108 valence electrons. The van der Waals surface area contributed by atoms with Crippen LogP contribution in [-0.2, 0) is 4.79 Å². The number of rotatable bonds is 4. The minimum Gasteiger partial charge on any atom is -0.478 e. The molecule has 2 rings (SSSR count). The maximum atomic E-state index is 10.9. The summed E-state index contributed by atoms with van der Waals surface area (Å²) in [6.45, 7) is 10.5. The third kappa shape index (κ3) is 3.28. The van der Waals surface area contributed by atoms with Crippen molar-refractivity contribution in [2.45, 2.75) is 26.2 Å². The van der Waals surface area contributed by atoms with Gasteiger partial charge < -0.3 is 5.11 Å². The van der Waals surface area contributed by atoms with Gasteiger partial charge in [-0.2, -0.15) is 0 Å². The zero-order chi connectivity index (χ0) is 14.8. The van der Waals surface area contributed by atoms with Crippen molar-refractivity contribution in [3.63, 3.8) is 0 Å². The standard InChI is InChI=1S/C17H23NO2/c1-13(16(19)20)11-18-10-9-17(2,3)15(12-18)14-7-5-4-6-8-14/h4-8,15H,1,9-12H2,2-3H3,(H,19,20). The number of carbonyl (C=O) groups is 1. The maximum absolute atomic E-state index is 10.9. The van der Waals surface area contributed by atoms with Gasteiger partial charge in [0.05, 0.1) is 0 Å². The van der Waals surface area contributed by atoms with Gasteiger partial charge in [0.1, 0.15) is 0 Å². The third-order valence-corrected chi connectivity index (χ3v) is 4.38. The zero-order valence-electron chi connectivity index (χ0n) is 12.3. The number of hydrogen-bond acceptors (Lipinski definition) is 2. The van der Waals surface area contributed by atoms with E-state index in [2.05, 4.69) is 49.6 Å². The van der Waals surface area contributed by atoms with Gasteiger partial charge >= 0.3 is 5.97 Å². The first-order chi connectivity index (χ1) is 9.40. The molecule has 0 bridgehead atoms. The van der Waals surface area contributed by atoms with Gasteiger partial charge in [-0.25, -0.2) is 4.79 Å². The molecule has 0 aromatic heterocycles. The Morgan fingerprint density at radius 3 is 2.65 bits per heavy atom. The highest BCUT2D eigenvalue weighted by Gasteiger charge is 2.36. The molecule has 3 nitrogen and oxygen atoms in total. The summed E-state index contributed by atoms with van der Waals surface area (Å²) < 4.78 is 0. The molecule has 1 aromatic carbocycles. The molecule has 1 unspecified atom stereocenters. The maximum Gasteiger partial charge on any atom is 0.332 e. The molecule has 1 aliphatic heterocycles. The highest BCUT2D eigenvalue weighted by atomic mass is 16.4. The summed E-state index contributed by atoms with van der Waals surface area (Å²) in [5.74, 6) is -0.467. The summed E-state index contributed by atoms with van der Waals surface area (Å²) >= 11 is 0. The van der Waals surface area contributed by atoms with Gasteiger partial charge in [0, 0.05) is 24.6 Å². The highest BCUT2D eigenvalue weighted by Crippen LogP contribution is 2.42. The van der Waals surface area contributed by atoms with Crippen LogP contribution in [0.25, 0.3) is 0 Å². The number of carboxylic acids is 1. The molecule has 1 saturated heterocycles. The highest BCUT2D eigenvalue weighted by molar-refractivity contribution is 5.86. The second kappa shape index (κ2) is 5.80. The lowest BCUT2D eigenvalue weighted by molar-refractivity contribution is -0.133. The average Bonchev–Trinajstić information content (AvgIpc) is 2.41. The lowest BCUT2D eigenvalue weighted by Gasteiger charge is -2.44. The van der Waals surface area contributed by atoms with E-state index in [0.717, 1.165) is 19.5 Å². The van der Waals surface area contributed by atoms with Crippen molar-refractivity contribution in [3.05, 3.63) is 48.0 Å². The van der Waals surface area contributed by atoms with E-state index in [-0.39, 0.29) is 11.0 Å². The molecular formula is C17H23NO2. The molecule has 0 radical (unpaired) electrons. The minimum absolute atomic E-state index is 0.239. The Morgan fingerprint density at radius 1 is 1.40 bits per heavy atom. The summed E-state index contributed by atoms with van der Waals surface area (Å²) in [6, 6.07) is 10.5. The van der Waals surface area contributed by atoms with Crippen molar-refractivity contribution in [3.8, 4) is 0 Å². The molecule has 0 spiro atoms. The van der Waals surface area contributed by atoms with E-state index in [1.807, 2.05) is 6.07 Å². The quantitative estimate of drug-likeness (QED) is 0.857. The van der Waals surface area contributed by atoms with Crippen molar-refractivity contribution < 1.29 is 9.90 Å². The van der Waals surface area contributed by atoms with Crippen LogP contribution in [0, 0.1) is 5.41 Å². The Balaban J connectivity index is 2.13. The summed E-state index contributed by atoms with van der Waals surface area (Å²) in [6.07, 6.45) is 1.07. The van der Waals surface area contributed by atoms with Crippen molar-refractivity contribution in [2.24, 2.45) is 5.41 Å². The SMILES string of the molecule is C=C(CN1CCC(C)(C)C(c2ccccc2)C1)C(=O)O. The second-order valence-corrected chi connectivity index (χ2v) is 6.35. The number of aliphatic carboxylic acids is 1. The first-order valence-corrected chi connectivity index (χ1v) is 7.08. The molecule has 0 saturated carbocycles. The van der Waals surface area contributed by atoms with Crippen LogP contribution in [0.3, 0.4) is 0 Å². The van der Waals surface area contributed by atoms with E-state index in [0.29, 0.717) is 12.5 Å². The van der Waals surface area contributed by atoms with Crippen LogP contribution in [0.15, 0.2) is 42.5 Å². The van der Waals surface area contributed by atoms with Crippen LogP contribution in [0.2, 0.25) is 0 Å². The minimum atomic E-state index is -0.897. The molecular weight excluding hydrogens is 250 g/mol. The van der Waals surface area contributed by atoms with Gasteiger partial charge in [0.15, 0.2) is 0 Å². The second-order valence-electron chi connectivity index (χ2n) is 6.35. The smallest absolute Gasteiger partial charge is 0.332 e. The van der Waals surface area contributed by atoms with Crippen molar-refractivity contribution in [1.29, 1.82) is 0 Å². The molecule has 1 atom stereocenters. The molecule has 3 heteroatoms. The van der Waals surface area contributed by atoms with Crippen LogP contribution in [0.5, 0.6) is 0 Å². The van der Waals surface area contributed by atoms with Crippen molar-refractivity contribution in [2.75, 3.05) is 19.6 Å². The molecule has 1 aliphatic rings. The zero-order valence-corrected chi connectivity index (χ0v) is 12.3. The molecule has 1 heterocycles. The first-order valence-electron chi connectivity index (χ1n) is 7.08. The lowest BCUT2D eigenvalue weighted by atomic mass is 9.70. The number of carboxylic acid groups (broad SMARTS) is 1. The predicted octanol–water partition coefficient (Wildman–Crippen LogP) is 3.14. The Hall–Kier alpha value is -1.61. The number of benzene rings is 1. The number of piperidine rings is 1. The third-order valence-electron chi connectivity index (χ3n) is 4.38. The van der Waals surface area contributed by atoms with Crippen LogP contribution in [-0.4, -0.2) is 35.6 Å². The largest absolute Gasteiger partial charge is 0.478 e. The van der Waals surface area contributed by atoms with Crippen LogP contribution in [0.4, 0.5) is 0 Å². The van der Waals surface area contributed by atoms with Crippen molar-refractivity contribution >= 4 is 5.97 Å².